The Morgan fingerprint density at radius 2 is 1.60 bits per heavy atom. The number of likely N-dealkylation sites (tertiary alicyclic amines) is 1. The lowest BCUT2D eigenvalue weighted by atomic mass is 9.88. The average Bonchev–Trinajstić information content (AvgIpc) is 3.82. The van der Waals surface area contributed by atoms with Crippen LogP contribution in [0.4, 0.5) is 8.78 Å². The minimum absolute atomic E-state index is 0.000173. The van der Waals surface area contributed by atoms with Crippen LogP contribution in [-0.4, -0.2) is 53.2 Å². The molecule has 2 fully saturated rings. The minimum atomic E-state index is -1.04. The fourth-order valence-corrected chi connectivity index (χ4v) is 5.60. The summed E-state index contributed by atoms with van der Waals surface area (Å²) in [7, 11) is 2.13. The van der Waals surface area contributed by atoms with Crippen LogP contribution in [-0.2, 0) is 22.4 Å². The summed E-state index contributed by atoms with van der Waals surface area (Å²) in [6.07, 6.45) is 6.34. The van der Waals surface area contributed by atoms with Gasteiger partial charge in [-0.3, -0.25) is 14.6 Å². The third kappa shape index (κ3) is 6.57. The lowest BCUT2D eigenvalue weighted by Gasteiger charge is -2.28. The van der Waals surface area contributed by atoms with E-state index in [1.165, 1.54) is 24.3 Å². The van der Waals surface area contributed by atoms with E-state index in [4.69, 9.17) is 9.47 Å². The standard InChI is InChI=1S/C34H33F2N3O4/c1-39-14-9-23(10-15-39)21-42-33-19-28-26(20-38-33)29(8-13-37-28)43-30-7-4-24(16-27(30)36)18-32(41)34(11-12-34)31(40)17-22-2-5-25(35)6-3-22/h2-8,13,16,19-20,23H,9-12,14-15,17-18,21H2,1H3. The number of carbonyl (C=O) groups is 2. The van der Waals surface area contributed by atoms with Crippen molar-refractivity contribution in [2.75, 3.05) is 26.7 Å². The van der Waals surface area contributed by atoms with Crippen molar-refractivity contribution < 1.29 is 27.8 Å². The Bertz CT molecular complexity index is 1650. The van der Waals surface area contributed by atoms with Gasteiger partial charge in [-0.2, -0.15) is 0 Å². The lowest BCUT2D eigenvalue weighted by molar-refractivity contribution is -0.133. The van der Waals surface area contributed by atoms with Gasteiger partial charge in [-0.25, -0.2) is 13.8 Å². The van der Waals surface area contributed by atoms with E-state index >= 15 is 4.39 Å². The molecule has 0 N–H and O–H groups in total. The van der Waals surface area contributed by atoms with Gasteiger partial charge in [0.15, 0.2) is 23.1 Å². The van der Waals surface area contributed by atoms with Crippen LogP contribution in [0, 0.1) is 23.0 Å². The van der Waals surface area contributed by atoms with Gasteiger partial charge in [-0.1, -0.05) is 18.2 Å². The Balaban J connectivity index is 1.09. The minimum Gasteiger partial charge on any atom is -0.477 e. The number of ketones is 2. The molecule has 1 saturated carbocycles. The monoisotopic (exact) mass is 585 g/mol. The number of ether oxygens (including phenoxy) is 2. The topological polar surface area (TPSA) is 81.6 Å². The van der Waals surface area contributed by atoms with Gasteiger partial charge in [0.05, 0.1) is 22.9 Å². The molecule has 6 rings (SSSR count). The quantitative estimate of drug-likeness (QED) is 0.196. The van der Waals surface area contributed by atoms with Crippen molar-refractivity contribution in [1.82, 2.24) is 14.9 Å². The maximum atomic E-state index is 15.2. The first kappa shape index (κ1) is 28.9. The van der Waals surface area contributed by atoms with E-state index < -0.39 is 11.2 Å². The van der Waals surface area contributed by atoms with Gasteiger partial charge in [0.25, 0.3) is 0 Å². The summed E-state index contributed by atoms with van der Waals surface area (Å²) in [6, 6.07) is 13.5. The molecule has 3 heterocycles. The normalized spacial score (nSPS) is 16.6. The Morgan fingerprint density at radius 3 is 2.30 bits per heavy atom. The van der Waals surface area contributed by atoms with Crippen LogP contribution in [0.15, 0.2) is 67.0 Å². The van der Waals surface area contributed by atoms with Crippen molar-refractivity contribution in [3.05, 3.63) is 89.8 Å². The highest BCUT2D eigenvalue weighted by Crippen LogP contribution is 2.49. The first-order valence-corrected chi connectivity index (χ1v) is 14.6. The number of Topliss-reactive ketones (excluding diaryl/α,β-unsaturated/α-hetero) is 2. The lowest BCUT2D eigenvalue weighted by Crippen LogP contribution is -2.32. The van der Waals surface area contributed by atoms with E-state index in [1.54, 1.807) is 42.7 Å². The molecule has 0 amide bonds. The smallest absolute Gasteiger partial charge is 0.215 e. The second-order valence-corrected chi connectivity index (χ2v) is 11.7. The third-order valence-electron chi connectivity index (χ3n) is 8.54. The average molecular weight is 586 g/mol. The Morgan fingerprint density at radius 1 is 0.907 bits per heavy atom. The van der Waals surface area contributed by atoms with E-state index in [9.17, 15) is 14.0 Å². The summed E-state index contributed by atoms with van der Waals surface area (Å²) in [6.45, 7) is 2.73. The van der Waals surface area contributed by atoms with Gasteiger partial charge in [-0.15, -0.1) is 0 Å². The number of rotatable bonds is 11. The predicted octanol–water partition coefficient (Wildman–Crippen LogP) is 6.12. The number of benzene rings is 2. The summed E-state index contributed by atoms with van der Waals surface area (Å²) in [5.41, 5.74) is 0.698. The summed E-state index contributed by atoms with van der Waals surface area (Å²) in [5.74, 6) is -0.0379. The number of hydrogen-bond acceptors (Lipinski definition) is 7. The molecule has 0 unspecified atom stereocenters. The molecule has 0 spiro atoms. The molecular weight excluding hydrogens is 552 g/mol. The number of piperidine rings is 1. The maximum Gasteiger partial charge on any atom is 0.215 e. The van der Waals surface area contributed by atoms with Crippen LogP contribution >= 0.6 is 0 Å². The number of hydrogen-bond donors (Lipinski definition) is 0. The van der Waals surface area contributed by atoms with Gasteiger partial charge >= 0.3 is 0 Å². The van der Waals surface area contributed by atoms with Crippen molar-refractivity contribution in [3.8, 4) is 17.4 Å². The van der Waals surface area contributed by atoms with Gasteiger partial charge in [-0.05, 0) is 93.2 Å². The summed E-state index contributed by atoms with van der Waals surface area (Å²) < 4.78 is 40.2. The summed E-state index contributed by atoms with van der Waals surface area (Å²) >= 11 is 0. The van der Waals surface area contributed by atoms with Crippen molar-refractivity contribution >= 4 is 22.5 Å². The molecule has 9 heteroatoms. The summed E-state index contributed by atoms with van der Waals surface area (Å²) in [5, 5.41) is 0.614. The number of carbonyl (C=O) groups excluding carboxylic acids is 2. The first-order chi connectivity index (χ1) is 20.8. The van der Waals surface area contributed by atoms with E-state index in [0.717, 1.165) is 25.9 Å². The number of fused-ring (bicyclic) bond motifs is 1. The zero-order valence-electron chi connectivity index (χ0n) is 24.0. The van der Waals surface area contributed by atoms with Gasteiger partial charge in [0, 0.05) is 31.3 Å². The highest BCUT2D eigenvalue weighted by atomic mass is 19.1. The fraction of sp³-hybridized carbons (Fsp3) is 0.353. The molecule has 2 aromatic heterocycles. The van der Waals surface area contributed by atoms with Crippen molar-refractivity contribution in [1.29, 1.82) is 0 Å². The zero-order valence-corrected chi connectivity index (χ0v) is 24.0. The molecular formula is C34H33F2N3O4. The molecule has 2 aromatic carbocycles. The first-order valence-electron chi connectivity index (χ1n) is 14.6. The van der Waals surface area contributed by atoms with Crippen LogP contribution < -0.4 is 9.47 Å². The summed E-state index contributed by atoms with van der Waals surface area (Å²) in [4.78, 5) is 37.2. The van der Waals surface area contributed by atoms with Crippen LogP contribution in [0.25, 0.3) is 10.9 Å². The molecule has 43 heavy (non-hydrogen) atoms. The SMILES string of the molecule is CN1CCC(COc2cc3nccc(Oc4ccc(CC(=O)C5(C(=O)Cc6ccc(F)cc6)CC5)cc4F)c3cn2)CC1. The van der Waals surface area contributed by atoms with Gasteiger partial charge < -0.3 is 14.4 Å². The highest BCUT2D eigenvalue weighted by molar-refractivity contribution is 6.10. The van der Waals surface area contributed by atoms with E-state index in [1.807, 2.05) is 0 Å². The van der Waals surface area contributed by atoms with Crippen LogP contribution in [0.1, 0.15) is 36.8 Å². The van der Waals surface area contributed by atoms with Gasteiger partial charge in [0.1, 0.15) is 11.6 Å². The van der Waals surface area contributed by atoms with E-state index in [-0.39, 0.29) is 36.0 Å². The van der Waals surface area contributed by atoms with Crippen LogP contribution in [0.3, 0.4) is 0 Å². The second-order valence-electron chi connectivity index (χ2n) is 11.7. The Hall–Kier alpha value is -4.24. The van der Waals surface area contributed by atoms with Crippen molar-refractivity contribution in [2.24, 2.45) is 11.3 Å². The maximum absolute atomic E-state index is 15.2. The Labute approximate surface area is 248 Å². The van der Waals surface area contributed by atoms with E-state index in [0.29, 0.717) is 59.0 Å². The number of aromatic nitrogens is 2. The second kappa shape index (κ2) is 12.2. The third-order valence-corrected chi connectivity index (χ3v) is 8.54. The number of pyridine rings is 2. The molecule has 0 radical (unpaired) electrons. The molecule has 0 atom stereocenters. The molecule has 1 aliphatic heterocycles. The molecule has 2 aliphatic rings. The van der Waals surface area contributed by atoms with E-state index in [2.05, 4.69) is 21.9 Å². The fourth-order valence-electron chi connectivity index (χ4n) is 5.60. The highest BCUT2D eigenvalue weighted by Gasteiger charge is 2.54. The molecule has 4 aromatic rings. The predicted molar refractivity (Wildman–Crippen MR) is 157 cm³/mol. The molecule has 7 nitrogen and oxygen atoms in total. The molecule has 1 aliphatic carbocycles. The molecule has 0 bridgehead atoms. The van der Waals surface area contributed by atoms with Crippen LogP contribution in [0.2, 0.25) is 0 Å². The zero-order chi connectivity index (χ0) is 30.0. The largest absolute Gasteiger partial charge is 0.477 e. The number of halogens is 2. The van der Waals surface area contributed by atoms with Gasteiger partial charge in [0.2, 0.25) is 5.88 Å². The van der Waals surface area contributed by atoms with Crippen LogP contribution in [0.5, 0.6) is 17.4 Å². The number of nitrogens with zero attached hydrogens (tertiary/aromatic N) is 3. The molecule has 222 valence electrons. The van der Waals surface area contributed by atoms with Crippen molar-refractivity contribution in [3.63, 3.8) is 0 Å². The van der Waals surface area contributed by atoms with Crippen molar-refractivity contribution in [2.45, 2.75) is 38.5 Å². The Kier molecular flexibility index (Phi) is 8.17. The molecule has 1 saturated heterocycles.